The van der Waals surface area contributed by atoms with Gasteiger partial charge in [0.1, 0.15) is 53.4 Å². The van der Waals surface area contributed by atoms with Gasteiger partial charge in [0, 0.05) is 36.7 Å². The molecule has 0 bridgehead atoms. The Morgan fingerprint density at radius 1 is 1.06 bits per heavy atom. The van der Waals surface area contributed by atoms with Crippen LogP contribution in [0.5, 0.6) is 0 Å². The van der Waals surface area contributed by atoms with E-state index in [0.29, 0.717) is 23.1 Å². The number of rotatable bonds is 7. The molecule has 1 aliphatic heterocycles. The van der Waals surface area contributed by atoms with Crippen LogP contribution in [0.3, 0.4) is 0 Å². The van der Waals surface area contributed by atoms with Crippen LogP contribution in [0.2, 0.25) is 0 Å². The number of halogens is 5. The van der Waals surface area contributed by atoms with Crippen LogP contribution in [-0.2, 0) is 19.1 Å². The minimum Gasteiger partial charge on any atom is -0.444 e. The van der Waals surface area contributed by atoms with Crippen molar-refractivity contribution < 1.29 is 45.9 Å². The van der Waals surface area contributed by atoms with Crippen molar-refractivity contribution in [3.63, 3.8) is 0 Å². The molecule has 17 heteroatoms. The Hall–Kier alpha value is -5.66. The zero-order chi connectivity index (χ0) is 38.0. The van der Waals surface area contributed by atoms with Crippen molar-refractivity contribution in [3.05, 3.63) is 83.4 Å². The quantitative estimate of drug-likeness (QED) is 0.327. The zero-order valence-electron chi connectivity index (χ0n) is 28.3. The Kier molecular flexibility index (Phi) is 10.8. The van der Waals surface area contributed by atoms with E-state index in [4.69, 9.17) is 4.74 Å². The molecule has 52 heavy (non-hydrogen) atoms. The van der Waals surface area contributed by atoms with E-state index in [1.54, 1.807) is 26.8 Å². The van der Waals surface area contributed by atoms with Gasteiger partial charge in [-0.15, -0.1) is 0 Å². The first kappa shape index (κ1) is 37.6. The molecule has 1 saturated carbocycles. The summed E-state index contributed by atoms with van der Waals surface area (Å²) in [6.45, 7) is 3.41. The summed E-state index contributed by atoms with van der Waals surface area (Å²) in [5.41, 5.74) is -2.28. The molecular formula is C35H34F5N7O5. The predicted molar refractivity (Wildman–Crippen MR) is 174 cm³/mol. The molecular weight excluding hydrogens is 693 g/mol. The highest BCUT2D eigenvalue weighted by atomic mass is 19.3. The van der Waals surface area contributed by atoms with Crippen LogP contribution < -0.4 is 15.1 Å². The molecule has 1 aliphatic carbocycles. The van der Waals surface area contributed by atoms with Crippen LogP contribution in [0.4, 0.5) is 38.4 Å². The van der Waals surface area contributed by atoms with Gasteiger partial charge in [-0.25, -0.2) is 36.7 Å². The summed E-state index contributed by atoms with van der Waals surface area (Å²) in [7, 11) is 0. The average molecular weight is 728 g/mol. The summed E-state index contributed by atoms with van der Waals surface area (Å²) in [5.74, 6) is -10.1. The molecule has 2 fully saturated rings. The van der Waals surface area contributed by atoms with E-state index in [9.17, 15) is 37.2 Å². The molecule has 0 radical (unpaired) electrons. The van der Waals surface area contributed by atoms with E-state index in [0.717, 1.165) is 28.1 Å². The molecule has 5 rings (SSSR count). The van der Waals surface area contributed by atoms with Crippen LogP contribution in [0.15, 0.2) is 54.7 Å². The van der Waals surface area contributed by atoms with Gasteiger partial charge in [0.15, 0.2) is 0 Å². The number of aromatic nitrogens is 2. The lowest BCUT2D eigenvalue weighted by atomic mass is 9.91. The van der Waals surface area contributed by atoms with E-state index in [1.807, 2.05) is 0 Å². The SMILES string of the molecule is CC(C)(C)OC(=O)N1CC(=O)N(c2nccc(C#N)n2)C(C(=O)N(c2cc(F)cc(F)c2)C(C(=O)NC2CCC(F)(F)CC2)c2ccccc2F)C1. The molecule has 0 spiro atoms. The summed E-state index contributed by atoms with van der Waals surface area (Å²) in [4.78, 5) is 66.7. The molecule has 1 saturated heterocycles. The highest BCUT2D eigenvalue weighted by Gasteiger charge is 2.47. The highest BCUT2D eigenvalue weighted by Crippen LogP contribution is 2.36. The predicted octanol–water partition coefficient (Wildman–Crippen LogP) is 5.19. The van der Waals surface area contributed by atoms with Gasteiger partial charge in [-0.1, -0.05) is 18.2 Å². The van der Waals surface area contributed by atoms with Gasteiger partial charge in [-0.05, 0) is 57.9 Å². The topological polar surface area (TPSA) is 149 Å². The van der Waals surface area contributed by atoms with Crippen molar-refractivity contribution in [1.82, 2.24) is 20.2 Å². The molecule has 274 valence electrons. The maximum Gasteiger partial charge on any atom is 0.410 e. The number of carbonyl (C=O) groups is 4. The normalized spacial score (nSPS) is 18.3. The van der Waals surface area contributed by atoms with Crippen molar-refractivity contribution in [3.8, 4) is 6.07 Å². The Labute approximate surface area is 295 Å². The van der Waals surface area contributed by atoms with Crippen molar-refractivity contribution in [2.24, 2.45) is 0 Å². The Morgan fingerprint density at radius 2 is 1.71 bits per heavy atom. The van der Waals surface area contributed by atoms with E-state index in [1.165, 1.54) is 18.2 Å². The first-order valence-corrected chi connectivity index (χ1v) is 16.2. The first-order chi connectivity index (χ1) is 24.5. The maximum atomic E-state index is 15.7. The molecule has 3 aromatic rings. The fourth-order valence-electron chi connectivity index (χ4n) is 6.00. The van der Waals surface area contributed by atoms with E-state index in [2.05, 4.69) is 15.3 Å². The van der Waals surface area contributed by atoms with Crippen LogP contribution in [0.1, 0.15) is 63.8 Å². The van der Waals surface area contributed by atoms with Gasteiger partial charge < -0.3 is 10.1 Å². The highest BCUT2D eigenvalue weighted by molar-refractivity contribution is 6.10. The smallest absolute Gasteiger partial charge is 0.410 e. The molecule has 2 aliphatic rings. The third-order valence-corrected chi connectivity index (χ3v) is 8.34. The third-order valence-electron chi connectivity index (χ3n) is 8.34. The minimum atomic E-state index is -2.96. The van der Waals surface area contributed by atoms with E-state index < -0.39 is 114 Å². The van der Waals surface area contributed by atoms with Gasteiger partial charge in [0.25, 0.3) is 5.91 Å². The monoisotopic (exact) mass is 727 g/mol. The summed E-state index contributed by atoms with van der Waals surface area (Å²) in [5, 5.41) is 12.1. The number of hydrogen-bond donors (Lipinski definition) is 1. The summed E-state index contributed by atoms with van der Waals surface area (Å²) in [6.07, 6.45) is -1.30. The van der Waals surface area contributed by atoms with Crippen LogP contribution in [0.25, 0.3) is 0 Å². The summed E-state index contributed by atoms with van der Waals surface area (Å²) >= 11 is 0. The second-order valence-electron chi connectivity index (χ2n) is 13.4. The number of piperazine rings is 1. The molecule has 2 unspecified atom stereocenters. The second kappa shape index (κ2) is 14.9. The first-order valence-electron chi connectivity index (χ1n) is 16.2. The average Bonchev–Trinajstić information content (AvgIpc) is 3.06. The molecule has 12 nitrogen and oxygen atoms in total. The van der Waals surface area contributed by atoms with Crippen LogP contribution in [0, 0.1) is 28.8 Å². The van der Waals surface area contributed by atoms with Crippen LogP contribution in [-0.4, -0.2) is 75.4 Å². The number of alkyl halides is 2. The molecule has 2 atom stereocenters. The minimum absolute atomic E-state index is 0.159. The van der Waals surface area contributed by atoms with Gasteiger partial charge in [-0.2, -0.15) is 5.26 Å². The van der Waals surface area contributed by atoms with Crippen molar-refractivity contribution in [1.29, 1.82) is 5.26 Å². The van der Waals surface area contributed by atoms with Crippen molar-refractivity contribution >= 4 is 35.5 Å². The van der Waals surface area contributed by atoms with Gasteiger partial charge in [-0.3, -0.25) is 29.1 Å². The maximum absolute atomic E-state index is 15.7. The number of nitriles is 1. The van der Waals surface area contributed by atoms with Gasteiger partial charge in [0.2, 0.25) is 23.7 Å². The standard InChI is InChI=1S/C35H34F5N7O5/c1-34(2,3)52-33(51)45-18-27(47(28(48)19-45)32-42-13-10-23(17-41)44-32)31(50)46(24-15-20(36)14-21(37)16-24)29(25-6-4-5-7-26(25)38)30(49)43-22-8-11-35(39,40)12-9-22/h4-7,10,13-16,22,27,29H,8-9,11-12,18-19H2,1-3H3,(H,43,49). The lowest BCUT2D eigenvalue weighted by Crippen LogP contribution is -2.65. The molecule has 4 amide bonds. The van der Waals surface area contributed by atoms with Gasteiger partial charge in [0.05, 0.1) is 12.2 Å². The molecule has 1 aromatic heterocycles. The largest absolute Gasteiger partial charge is 0.444 e. The summed E-state index contributed by atoms with van der Waals surface area (Å²) in [6, 6.07) is 4.96. The lowest BCUT2D eigenvalue weighted by Gasteiger charge is -2.42. The molecule has 2 heterocycles. The number of amides is 4. The van der Waals surface area contributed by atoms with Crippen molar-refractivity contribution in [2.45, 2.75) is 76.1 Å². The number of benzene rings is 2. The molecule has 1 N–H and O–H groups in total. The Bertz CT molecular complexity index is 1890. The number of ether oxygens (including phenoxy) is 1. The number of carbonyl (C=O) groups excluding carboxylic acids is 4. The Morgan fingerprint density at radius 3 is 2.33 bits per heavy atom. The Balaban J connectivity index is 1.68. The van der Waals surface area contributed by atoms with E-state index in [-0.39, 0.29) is 18.5 Å². The lowest BCUT2D eigenvalue weighted by molar-refractivity contribution is -0.131. The fraction of sp³-hybridized carbons (Fsp3) is 0.400. The number of anilines is 2. The number of hydrogen-bond acceptors (Lipinski definition) is 8. The fourth-order valence-corrected chi connectivity index (χ4v) is 6.00. The van der Waals surface area contributed by atoms with Crippen LogP contribution >= 0.6 is 0 Å². The van der Waals surface area contributed by atoms with Crippen molar-refractivity contribution in [2.75, 3.05) is 22.9 Å². The second-order valence-corrected chi connectivity index (χ2v) is 13.4. The summed E-state index contributed by atoms with van der Waals surface area (Å²) < 4.78 is 78.9. The number of nitrogens with one attached hydrogen (secondary N) is 1. The molecule has 2 aromatic carbocycles. The zero-order valence-corrected chi connectivity index (χ0v) is 28.3. The van der Waals surface area contributed by atoms with Gasteiger partial charge >= 0.3 is 6.09 Å². The van der Waals surface area contributed by atoms with E-state index >= 15 is 9.18 Å². The number of nitrogens with zero attached hydrogens (tertiary/aromatic N) is 6. The third kappa shape index (κ3) is 8.61.